The predicted molar refractivity (Wildman–Crippen MR) is 169 cm³/mol. The zero-order chi connectivity index (χ0) is 30.6. The number of fused-ring (bicyclic) bond motifs is 1. The molecular formula is C31H43BrN4O6. The van der Waals surface area contributed by atoms with Crippen molar-refractivity contribution in [2.24, 2.45) is 0 Å². The number of Topliss-reactive ketones (excluding diaryl/α,β-unsaturated/α-hetero) is 1. The van der Waals surface area contributed by atoms with Crippen molar-refractivity contribution in [2.45, 2.75) is 66.5 Å². The Morgan fingerprint density at radius 1 is 1.12 bits per heavy atom. The summed E-state index contributed by atoms with van der Waals surface area (Å²) in [6, 6.07) is 6.97. The van der Waals surface area contributed by atoms with Crippen LogP contribution in [-0.4, -0.2) is 72.9 Å². The van der Waals surface area contributed by atoms with E-state index in [1.54, 1.807) is 36.2 Å². The summed E-state index contributed by atoms with van der Waals surface area (Å²) in [6.07, 6.45) is -0.144. The van der Waals surface area contributed by atoms with Gasteiger partial charge in [0.1, 0.15) is 17.3 Å². The molecule has 0 aromatic heterocycles. The van der Waals surface area contributed by atoms with Crippen molar-refractivity contribution < 1.29 is 29.0 Å². The van der Waals surface area contributed by atoms with E-state index in [1.807, 2.05) is 53.4 Å². The average molecular weight is 648 g/mol. The van der Waals surface area contributed by atoms with Crippen LogP contribution < -0.4 is 19.7 Å². The number of ketones is 1. The normalized spacial score (nSPS) is 12.5. The highest BCUT2D eigenvalue weighted by atomic mass is 79.9. The molecule has 0 saturated carbocycles. The van der Waals surface area contributed by atoms with Gasteiger partial charge in [-0.25, -0.2) is 4.79 Å². The standard InChI is InChI=1S/C31H42N4O6.BrH/c1-9-34(10-2)24-12-19(11-23(31(5,6)7)28(24)40-17-27(37)38)25(36)16-35-15-20-13-26(41-18(3)4)22(30(39)33-8)14-21(20)29(35)32;/h11-14,18,32H,9-10,15-17H2,1-8H3,(H,33,39)(H,37,38);1H. The highest BCUT2D eigenvalue weighted by molar-refractivity contribution is 8.93. The minimum atomic E-state index is -1.08. The van der Waals surface area contributed by atoms with Crippen molar-refractivity contribution >= 4 is 46.2 Å². The molecule has 3 N–H and O–H groups in total. The summed E-state index contributed by atoms with van der Waals surface area (Å²) < 4.78 is 11.7. The van der Waals surface area contributed by atoms with Gasteiger partial charge in [0.05, 0.1) is 23.9 Å². The van der Waals surface area contributed by atoms with Gasteiger partial charge in [-0.1, -0.05) is 20.8 Å². The van der Waals surface area contributed by atoms with Gasteiger partial charge in [0.15, 0.2) is 12.4 Å². The summed E-state index contributed by atoms with van der Waals surface area (Å²) in [4.78, 5) is 41.4. The summed E-state index contributed by atoms with van der Waals surface area (Å²) >= 11 is 0. The van der Waals surface area contributed by atoms with E-state index in [0.29, 0.717) is 53.5 Å². The molecule has 11 heteroatoms. The smallest absolute Gasteiger partial charge is 0.341 e. The first-order chi connectivity index (χ1) is 19.2. The lowest BCUT2D eigenvalue weighted by Crippen LogP contribution is -2.31. The molecule has 2 aromatic carbocycles. The van der Waals surface area contributed by atoms with Gasteiger partial charge in [-0.05, 0) is 62.9 Å². The van der Waals surface area contributed by atoms with Crippen LogP contribution in [0.2, 0.25) is 0 Å². The molecule has 0 unspecified atom stereocenters. The maximum atomic E-state index is 13.8. The lowest BCUT2D eigenvalue weighted by Gasteiger charge is -2.30. The number of anilines is 1. The van der Waals surface area contributed by atoms with Crippen molar-refractivity contribution in [2.75, 3.05) is 38.2 Å². The van der Waals surface area contributed by atoms with Gasteiger partial charge in [-0.3, -0.25) is 15.0 Å². The number of aliphatic carboxylic acids is 1. The van der Waals surface area contributed by atoms with Gasteiger partial charge in [-0.2, -0.15) is 0 Å². The number of halogens is 1. The van der Waals surface area contributed by atoms with Crippen LogP contribution in [0.25, 0.3) is 0 Å². The number of carboxylic acids is 1. The van der Waals surface area contributed by atoms with E-state index in [0.717, 1.165) is 11.1 Å². The number of hydrogen-bond donors (Lipinski definition) is 3. The fourth-order valence-electron chi connectivity index (χ4n) is 4.91. The third-order valence-electron chi connectivity index (χ3n) is 6.95. The van der Waals surface area contributed by atoms with Crippen LogP contribution in [0, 0.1) is 5.41 Å². The van der Waals surface area contributed by atoms with Crippen LogP contribution in [0.1, 0.15) is 85.9 Å². The maximum absolute atomic E-state index is 13.8. The number of nitrogens with zero attached hydrogens (tertiary/aromatic N) is 2. The third-order valence-corrected chi connectivity index (χ3v) is 6.95. The molecule has 1 aliphatic heterocycles. The van der Waals surface area contributed by atoms with E-state index >= 15 is 0 Å². The van der Waals surface area contributed by atoms with Crippen LogP contribution in [0.4, 0.5) is 5.69 Å². The minimum Gasteiger partial charge on any atom is -0.490 e. The van der Waals surface area contributed by atoms with Gasteiger partial charge in [0.25, 0.3) is 5.91 Å². The molecule has 0 saturated heterocycles. The summed E-state index contributed by atoms with van der Waals surface area (Å²) in [5.74, 6) is -0.512. The molecule has 230 valence electrons. The highest BCUT2D eigenvalue weighted by Gasteiger charge is 2.31. The highest BCUT2D eigenvalue weighted by Crippen LogP contribution is 2.41. The number of nitrogens with one attached hydrogen (secondary N) is 2. The molecule has 10 nitrogen and oxygen atoms in total. The second-order valence-electron chi connectivity index (χ2n) is 11.4. The molecule has 0 aliphatic carbocycles. The minimum absolute atomic E-state index is 0. The van der Waals surface area contributed by atoms with Crippen molar-refractivity contribution in [1.29, 1.82) is 5.41 Å². The van der Waals surface area contributed by atoms with E-state index in [-0.39, 0.29) is 47.2 Å². The summed E-state index contributed by atoms with van der Waals surface area (Å²) in [7, 11) is 1.54. The molecule has 0 fully saturated rings. The Kier molecular flexibility index (Phi) is 11.6. The number of carboxylic acid groups (broad SMARTS) is 1. The van der Waals surface area contributed by atoms with Crippen molar-refractivity contribution in [3.63, 3.8) is 0 Å². The number of benzene rings is 2. The second kappa shape index (κ2) is 14.0. The Bertz CT molecular complexity index is 1350. The fourth-order valence-corrected chi connectivity index (χ4v) is 4.91. The zero-order valence-electron chi connectivity index (χ0n) is 25.7. The maximum Gasteiger partial charge on any atom is 0.341 e. The Morgan fingerprint density at radius 3 is 2.29 bits per heavy atom. The predicted octanol–water partition coefficient (Wildman–Crippen LogP) is 5.04. The summed E-state index contributed by atoms with van der Waals surface area (Å²) in [5, 5.41) is 20.7. The van der Waals surface area contributed by atoms with Crippen molar-refractivity contribution in [3.8, 4) is 11.5 Å². The molecule has 2 aromatic rings. The Labute approximate surface area is 258 Å². The topological polar surface area (TPSA) is 132 Å². The third kappa shape index (κ3) is 7.61. The van der Waals surface area contributed by atoms with Gasteiger partial charge < -0.3 is 29.7 Å². The molecule has 3 rings (SSSR count). The number of carbonyl (C=O) groups is 3. The monoisotopic (exact) mass is 646 g/mol. The average Bonchev–Trinajstić information content (AvgIpc) is 3.19. The molecule has 0 bridgehead atoms. The lowest BCUT2D eigenvalue weighted by atomic mass is 9.84. The molecule has 0 atom stereocenters. The van der Waals surface area contributed by atoms with E-state index in [2.05, 4.69) is 5.32 Å². The number of ether oxygens (including phenoxy) is 2. The quantitative estimate of drug-likeness (QED) is 0.273. The van der Waals surface area contributed by atoms with E-state index in [9.17, 15) is 19.5 Å². The first kappa shape index (κ1) is 34.6. The van der Waals surface area contributed by atoms with Crippen molar-refractivity contribution in [3.05, 3.63) is 52.1 Å². The SMILES string of the molecule is Br.CCN(CC)c1cc(C(=O)CN2Cc3cc(OC(C)C)c(C(=O)NC)cc3C2=N)cc(C(C)(C)C)c1OCC(=O)O. The Hall–Kier alpha value is -3.60. The molecule has 1 heterocycles. The lowest BCUT2D eigenvalue weighted by molar-refractivity contribution is -0.139. The van der Waals surface area contributed by atoms with Crippen LogP contribution >= 0.6 is 17.0 Å². The van der Waals surface area contributed by atoms with Crippen LogP contribution in [0.3, 0.4) is 0 Å². The molecule has 1 amide bonds. The Balaban J connectivity index is 0.00000616. The molecular weight excluding hydrogens is 604 g/mol. The molecule has 42 heavy (non-hydrogen) atoms. The number of carbonyl (C=O) groups excluding carboxylic acids is 2. The van der Waals surface area contributed by atoms with Gasteiger partial charge >= 0.3 is 5.97 Å². The first-order valence-electron chi connectivity index (χ1n) is 13.9. The van der Waals surface area contributed by atoms with E-state index < -0.39 is 18.0 Å². The number of hydrogen-bond acceptors (Lipinski definition) is 7. The Morgan fingerprint density at radius 2 is 1.76 bits per heavy atom. The number of amides is 1. The fraction of sp³-hybridized carbons (Fsp3) is 0.484. The number of amidine groups is 1. The van der Waals surface area contributed by atoms with Crippen LogP contribution in [0.15, 0.2) is 24.3 Å². The largest absolute Gasteiger partial charge is 0.490 e. The van der Waals surface area contributed by atoms with Crippen LogP contribution in [-0.2, 0) is 16.8 Å². The van der Waals surface area contributed by atoms with E-state index in [4.69, 9.17) is 14.9 Å². The van der Waals surface area contributed by atoms with Gasteiger partial charge in [0.2, 0.25) is 0 Å². The van der Waals surface area contributed by atoms with E-state index in [1.165, 1.54) is 0 Å². The molecule has 0 radical (unpaired) electrons. The van der Waals surface area contributed by atoms with Gasteiger partial charge in [0, 0.05) is 43.4 Å². The first-order valence-corrected chi connectivity index (χ1v) is 13.9. The zero-order valence-corrected chi connectivity index (χ0v) is 27.4. The van der Waals surface area contributed by atoms with Crippen molar-refractivity contribution in [1.82, 2.24) is 10.2 Å². The van der Waals surface area contributed by atoms with Crippen LogP contribution in [0.5, 0.6) is 11.5 Å². The molecule has 1 aliphatic rings. The van der Waals surface area contributed by atoms with Gasteiger partial charge in [-0.15, -0.1) is 17.0 Å². The molecule has 0 spiro atoms. The number of rotatable bonds is 12. The second-order valence-corrected chi connectivity index (χ2v) is 11.4. The summed E-state index contributed by atoms with van der Waals surface area (Å²) in [6.45, 7) is 14.8. The summed E-state index contributed by atoms with van der Waals surface area (Å²) in [5.41, 5.74) is 3.15.